The Kier molecular flexibility index (Phi) is 1.73. The lowest BCUT2D eigenvalue weighted by molar-refractivity contribution is -0.139. The Bertz CT molecular complexity index is 108. The van der Waals surface area contributed by atoms with Crippen LogP contribution < -0.4 is 0 Å². The van der Waals surface area contributed by atoms with Crippen LogP contribution in [0.2, 0.25) is 0 Å². The summed E-state index contributed by atoms with van der Waals surface area (Å²) in [4.78, 5) is 9.71. The van der Waals surface area contributed by atoms with Gasteiger partial charge in [0.15, 0.2) is 6.29 Å². The van der Waals surface area contributed by atoms with Gasteiger partial charge in [0.2, 0.25) is 6.29 Å². The van der Waals surface area contributed by atoms with Crippen LogP contribution >= 0.6 is 0 Å². The van der Waals surface area contributed by atoms with E-state index in [9.17, 15) is 13.6 Å². The van der Waals surface area contributed by atoms with Crippen LogP contribution in [0.3, 0.4) is 0 Å². The molecule has 0 spiro atoms. The van der Waals surface area contributed by atoms with Crippen LogP contribution in [0.4, 0.5) is 8.78 Å². The maximum atomic E-state index is 11.9. The van der Waals surface area contributed by atoms with Crippen molar-refractivity contribution in [1.29, 1.82) is 0 Å². The third-order valence-corrected chi connectivity index (χ3v) is 0.845. The first-order valence-electron chi connectivity index (χ1n) is 2.28. The van der Waals surface area contributed by atoms with Crippen LogP contribution in [0.1, 0.15) is 0 Å². The molecule has 0 bridgehead atoms. The normalized spacial score (nSPS) is 43.1. The van der Waals surface area contributed by atoms with Gasteiger partial charge in [-0.2, -0.15) is 0 Å². The van der Waals surface area contributed by atoms with Crippen molar-refractivity contribution >= 4 is 6.29 Å². The Hall–Kier alpha value is -0.550. The van der Waals surface area contributed by atoms with Crippen molar-refractivity contribution in [3.8, 4) is 0 Å². The molecule has 5 heteroatoms. The third kappa shape index (κ3) is 1.22. The van der Waals surface area contributed by atoms with Crippen molar-refractivity contribution < 1.29 is 23.0 Å². The highest BCUT2D eigenvalue weighted by molar-refractivity contribution is 5.54. The maximum Gasteiger partial charge on any atom is 0.258 e. The molecule has 0 aromatic heterocycles. The van der Waals surface area contributed by atoms with Gasteiger partial charge in [0.25, 0.3) is 12.7 Å². The van der Waals surface area contributed by atoms with Crippen molar-refractivity contribution in [2.24, 2.45) is 0 Å². The molecule has 9 heavy (non-hydrogen) atoms. The Morgan fingerprint density at radius 1 is 1.22 bits per heavy atom. The van der Waals surface area contributed by atoms with E-state index >= 15 is 0 Å². The molecule has 1 aliphatic rings. The number of rotatable bonds is 1. The molecule has 0 aromatic rings. The fourth-order valence-electron chi connectivity index (χ4n) is 0.476. The van der Waals surface area contributed by atoms with Crippen LogP contribution in [0.5, 0.6) is 0 Å². The minimum atomic E-state index is -2.12. The van der Waals surface area contributed by atoms with Gasteiger partial charge in [-0.3, -0.25) is 4.79 Å². The highest BCUT2D eigenvalue weighted by atomic mass is 19.2. The van der Waals surface area contributed by atoms with Gasteiger partial charge in [-0.15, -0.1) is 0 Å². The molecule has 3 nitrogen and oxygen atoms in total. The van der Waals surface area contributed by atoms with Crippen molar-refractivity contribution in [2.75, 3.05) is 0 Å². The number of carbonyl (C=O) groups is 1. The lowest BCUT2D eigenvalue weighted by Gasteiger charge is -1.94. The summed E-state index contributed by atoms with van der Waals surface area (Å²) in [5.41, 5.74) is 0. The summed E-state index contributed by atoms with van der Waals surface area (Å²) in [6, 6.07) is 0. The van der Waals surface area contributed by atoms with Crippen LogP contribution in [-0.4, -0.2) is 25.3 Å². The van der Waals surface area contributed by atoms with Gasteiger partial charge in [-0.05, 0) is 0 Å². The van der Waals surface area contributed by atoms with Crippen LogP contribution in [0, 0.1) is 0 Å². The zero-order chi connectivity index (χ0) is 6.85. The van der Waals surface area contributed by atoms with Gasteiger partial charge in [0, 0.05) is 0 Å². The number of hydrogen-bond donors (Lipinski definition) is 0. The molecular formula is C4H4F2O3. The SMILES string of the molecule is O=CC1OC(F)C(F)O1. The van der Waals surface area contributed by atoms with Crippen molar-refractivity contribution in [1.82, 2.24) is 0 Å². The molecule has 0 amide bonds. The summed E-state index contributed by atoms with van der Waals surface area (Å²) in [6.45, 7) is 0. The third-order valence-electron chi connectivity index (χ3n) is 0.845. The van der Waals surface area contributed by atoms with Gasteiger partial charge in [-0.1, -0.05) is 0 Å². The Balaban J connectivity index is 2.43. The molecule has 0 aromatic carbocycles. The second kappa shape index (κ2) is 2.36. The predicted octanol–water partition coefficient (Wildman–Crippen LogP) is 0.149. The molecule has 1 fully saturated rings. The second-order valence-electron chi connectivity index (χ2n) is 1.48. The first-order chi connectivity index (χ1) is 4.24. The molecule has 1 rings (SSSR count). The second-order valence-corrected chi connectivity index (χ2v) is 1.48. The standard InChI is InChI=1S/C4H4F2O3/c5-3-4(6)9-2(1-7)8-3/h1-4H. The average molecular weight is 138 g/mol. The monoisotopic (exact) mass is 138 g/mol. The van der Waals surface area contributed by atoms with E-state index in [0.717, 1.165) is 0 Å². The fraction of sp³-hybridized carbons (Fsp3) is 0.750. The van der Waals surface area contributed by atoms with E-state index in [0.29, 0.717) is 0 Å². The molecule has 2 unspecified atom stereocenters. The van der Waals surface area contributed by atoms with Gasteiger partial charge in [0.05, 0.1) is 0 Å². The van der Waals surface area contributed by atoms with Gasteiger partial charge >= 0.3 is 0 Å². The van der Waals surface area contributed by atoms with Gasteiger partial charge in [-0.25, -0.2) is 8.78 Å². The number of aldehydes is 1. The lowest BCUT2D eigenvalue weighted by Crippen LogP contribution is -2.09. The van der Waals surface area contributed by atoms with Crippen molar-refractivity contribution in [3.05, 3.63) is 0 Å². The zero-order valence-electron chi connectivity index (χ0n) is 4.29. The predicted molar refractivity (Wildman–Crippen MR) is 21.8 cm³/mol. The zero-order valence-corrected chi connectivity index (χ0v) is 4.29. The van der Waals surface area contributed by atoms with E-state index in [2.05, 4.69) is 9.47 Å². The van der Waals surface area contributed by atoms with E-state index in [1.54, 1.807) is 0 Å². The first-order valence-corrected chi connectivity index (χ1v) is 2.28. The molecule has 0 saturated carbocycles. The summed E-state index contributed by atoms with van der Waals surface area (Å²) >= 11 is 0. The quantitative estimate of drug-likeness (QED) is 0.484. The number of halogens is 2. The molecule has 1 saturated heterocycles. The van der Waals surface area contributed by atoms with Crippen molar-refractivity contribution in [3.63, 3.8) is 0 Å². The minimum absolute atomic E-state index is 0.187. The summed E-state index contributed by atoms with van der Waals surface area (Å²) in [5.74, 6) is 0. The Labute approximate surface area is 49.5 Å². The highest BCUT2D eigenvalue weighted by Gasteiger charge is 2.35. The number of hydrogen-bond acceptors (Lipinski definition) is 3. The van der Waals surface area contributed by atoms with E-state index in [1.165, 1.54) is 0 Å². The molecule has 0 radical (unpaired) electrons. The first kappa shape index (κ1) is 6.57. The van der Waals surface area contributed by atoms with E-state index < -0.39 is 19.0 Å². The van der Waals surface area contributed by atoms with E-state index in [-0.39, 0.29) is 6.29 Å². The van der Waals surface area contributed by atoms with Crippen LogP contribution in [-0.2, 0) is 14.3 Å². The summed E-state index contributed by atoms with van der Waals surface area (Å²) in [6.07, 6.45) is -5.44. The Morgan fingerprint density at radius 2 is 1.67 bits per heavy atom. The molecule has 0 N–H and O–H groups in total. The maximum absolute atomic E-state index is 11.9. The summed E-state index contributed by atoms with van der Waals surface area (Å²) < 4.78 is 31.7. The molecule has 52 valence electrons. The topological polar surface area (TPSA) is 35.5 Å². The number of ether oxygens (including phenoxy) is 2. The molecule has 1 aliphatic heterocycles. The minimum Gasteiger partial charge on any atom is -0.307 e. The van der Waals surface area contributed by atoms with E-state index in [1.807, 2.05) is 0 Å². The smallest absolute Gasteiger partial charge is 0.258 e. The molecule has 0 aliphatic carbocycles. The van der Waals surface area contributed by atoms with E-state index in [4.69, 9.17) is 0 Å². The molecule has 1 heterocycles. The van der Waals surface area contributed by atoms with Gasteiger partial charge in [0.1, 0.15) is 0 Å². The van der Waals surface area contributed by atoms with Gasteiger partial charge < -0.3 is 9.47 Å². The number of carbonyl (C=O) groups excluding carboxylic acids is 1. The lowest BCUT2D eigenvalue weighted by atomic mass is 10.7. The molecule has 2 atom stereocenters. The van der Waals surface area contributed by atoms with Crippen LogP contribution in [0.15, 0.2) is 0 Å². The summed E-state index contributed by atoms with van der Waals surface area (Å²) in [7, 11) is 0. The fourth-order valence-corrected chi connectivity index (χ4v) is 0.476. The van der Waals surface area contributed by atoms with Crippen LogP contribution in [0.25, 0.3) is 0 Å². The molecular weight excluding hydrogens is 134 g/mol. The Morgan fingerprint density at radius 3 is 1.89 bits per heavy atom. The highest BCUT2D eigenvalue weighted by Crippen LogP contribution is 2.19. The largest absolute Gasteiger partial charge is 0.307 e. The average Bonchev–Trinajstić information content (AvgIpc) is 2.13. The summed E-state index contributed by atoms with van der Waals surface area (Å²) in [5, 5.41) is 0. The number of alkyl halides is 2. The van der Waals surface area contributed by atoms with Crippen molar-refractivity contribution in [2.45, 2.75) is 19.0 Å².